The molecule has 2 aliphatic heterocycles. The number of carbonyl (C=O) groups excluding carboxylic acids is 1. The molecule has 1 aromatic carbocycles. The van der Waals surface area contributed by atoms with Crippen LogP contribution in [0.5, 0.6) is 0 Å². The minimum atomic E-state index is 0.0567. The molecule has 2 aliphatic rings. The van der Waals surface area contributed by atoms with Crippen molar-refractivity contribution < 1.29 is 4.79 Å². The molecule has 1 N–H and O–H groups in total. The maximum absolute atomic E-state index is 11.9. The summed E-state index contributed by atoms with van der Waals surface area (Å²) in [5.41, 5.74) is 0.818. The van der Waals surface area contributed by atoms with Gasteiger partial charge in [-0.05, 0) is 37.1 Å². The molecule has 2 amide bonds. The molecule has 0 radical (unpaired) electrons. The van der Waals surface area contributed by atoms with E-state index in [9.17, 15) is 4.79 Å². The van der Waals surface area contributed by atoms with Gasteiger partial charge in [-0.2, -0.15) is 0 Å². The molecule has 2 saturated heterocycles. The lowest BCUT2D eigenvalue weighted by Gasteiger charge is -2.37. The fourth-order valence-electron chi connectivity index (χ4n) is 3.58. The van der Waals surface area contributed by atoms with E-state index in [0.29, 0.717) is 5.02 Å². The highest BCUT2D eigenvalue weighted by atomic mass is 79.9. The Kier molecular flexibility index (Phi) is 4.26. The number of hydrogen-bond donors (Lipinski definition) is 1. The van der Waals surface area contributed by atoms with Crippen molar-refractivity contribution >= 4 is 50.3 Å². The van der Waals surface area contributed by atoms with E-state index in [-0.39, 0.29) is 12.1 Å². The minimum absolute atomic E-state index is 0.0567. The van der Waals surface area contributed by atoms with Crippen molar-refractivity contribution in [1.82, 2.24) is 15.2 Å². The number of pyridine rings is 1. The zero-order chi connectivity index (χ0) is 16.7. The first-order valence-corrected chi connectivity index (χ1v) is 9.34. The van der Waals surface area contributed by atoms with Crippen molar-refractivity contribution in [3.05, 3.63) is 33.8 Å². The molecule has 3 heterocycles. The van der Waals surface area contributed by atoms with E-state index in [0.717, 1.165) is 60.2 Å². The Morgan fingerprint density at radius 2 is 2.17 bits per heavy atom. The number of benzene rings is 1. The van der Waals surface area contributed by atoms with Crippen LogP contribution in [0, 0.1) is 0 Å². The largest absolute Gasteiger partial charge is 0.355 e. The van der Waals surface area contributed by atoms with E-state index in [4.69, 9.17) is 16.6 Å². The molecule has 0 bridgehead atoms. The van der Waals surface area contributed by atoms with Crippen LogP contribution in [0.4, 0.5) is 10.6 Å². The van der Waals surface area contributed by atoms with Gasteiger partial charge in [0.2, 0.25) is 0 Å². The third-order valence-corrected chi connectivity index (χ3v) is 5.49. The average Bonchev–Trinajstić information content (AvgIpc) is 3.01. The number of nitrogens with zero attached hydrogens (tertiary/aromatic N) is 3. The highest BCUT2D eigenvalue weighted by Gasteiger charge is 2.31. The Labute approximate surface area is 154 Å². The Hall–Kier alpha value is -1.53. The van der Waals surface area contributed by atoms with E-state index in [2.05, 4.69) is 32.2 Å². The molecule has 2 aromatic rings. The van der Waals surface area contributed by atoms with Crippen LogP contribution in [0.15, 0.2) is 28.7 Å². The summed E-state index contributed by atoms with van der Waals surface area (Å²) < 4.78 is 0.952. The van der Waals surface area contributed by atoms with Crippen molar-refractivity contribution in [3.8, 4) is 0 Å². The van der Waals surface area contributed by atoms with E-state index in [1.54, 1.807) is 0 Å². The quantitative estimate of drug-likeness (QED) is 0.824. The number of nitrogens with one attached hydrogen (secondary N) is 1. The number of amides is 2. The first-order chi connectivity index (χ1) is 11.6. The van der Waals surface area contributed by atoms with Crippen molar-refractivity contribution in [2.45, 2.75) is 18.9 Å². The molecule has 4 rings (SSSR count). The van der Waals surface area contributed by atoms with Crippen LogP contribution in [-0.4, -0.2) is 48.1 Å². The predicted molar refractivity (Wildman–Crippen MR) is 99.8 cm³/mol. The topological polar surface area (TPSA) is 48.5 Å². The molecule has 0 saturated carbocycles. The van der Waals surface area contributed by atoms with Crippen molar-refractivity contribution in [2.75, 3.05) is 31.1 Å². The lowest BCUT2D eigenvalue weighted by molar-refractivity contribution is 0.189. The summed E-state index contributed by atoms with van der Waals surface area (Å²) in [5.74, 6) is 0.927. The first kappa shape index (κ1) is 16.0. The second kappa shape index (κ2) is 6.41. The van der Waals surface area contributed by atoms with Gasteiger partial charge in [0, 0.05) is 36.0 Å². The Balaban J connectivity index is 1.61. The SMILES string of the molecule is O=C1NCCN1C1CCCN(c2ccc3cc(Br)cc(Cl)c3n2)C1. The number of piperidine rings is 1. The molecule has 24 heavy (non-hydrogen) atoms. The second-order valence-corrected chi connectivity index (χ2v) is 7.62. The third-order valence-electron chi connectivity index (χ3n) is 4.75. The van der Waals surface area contributed by atoms with Gasteiger partial charge in [-0.1, -0.05) is 27.5 Å². The number of halogens is 2. The number of hydrogen-bond acceptors (Lipinski definition) is 3. The first-order valence-electron chi connectivity index (χ1n) is 8.17. The number of fused-ring (bicyclic) bond motifs is 1. The Morgan fingerprint density at radius 3 is 2.96 bits per heavy atom. The third kappa shape index (κ3) is 2.93. The highest BCUT2D eigenvalue weighted by molar-refractivity contribution is 9.10. The maximum Gasteiger partial charge on any atom is 0.317 e. The molecular formula is C17H18BrClN4O. The zero-order valence-corrected chi connectivity index (χ0v) is 15.5. The van der Waals surface area contributed by atoms with Gasteiger partial charge in [0.15, 0.2) is 0 Å². The van der Waals surface area contributed by atoms with E-state index >= 15 is 0 Å². The van der Waals surface area contributed by atoms with Crippen LogP contribution < -0.4 is 10.2 Å². The zero-order valence-electron chi connectivity index (χ0n) is 13.1. The smallest absolute Gasteiger partial charge is 0.317 e. The Morgan fingerprint density at radius 1 is 1.29 bits per heavy atom. The summed E-state index contributed by atoms with van der Waals surface area (Å²) in [5, 5.41) is 4.56. The molecule has 0 aliphatic carbocycles. The van der Waals surface area contributed by atoms with Crippen LogP contribution in [0.3, 0.4) is 0 Å². The highest BCUT2D eigenvalue weighted by Crippen LogP contribution is 2.30. The summed E-state index contributed by atoms with van der Waals surface area (Å²) in [6, 6.07) is 8.29. The average molecular weight is 410 g/mol. The second-order valence-electron chi connectivity index (χ2n) is 6.30. The maximum atomic E-state index is 11.9. The molecule has 1 atom stereocenters. The Bertz CT molecular complexity index is 799. The van der Waals surface area contributed by atoms with E-state index in [1.165, 1.54) is 0 Å². The number of aromatic nitrogens is 1. The van der Waals surface area contributed by atoms with E-state index in [1.807, 2.05) is 23.1 Å². The van der Waals surface area contributed by atoms with Crippen LogP contribution in [0.1, 0.15) is 12.8 Å². The number of anilines is 1. The fourth-order valence-corrected chi connectivity index (χ4v) is 4.45. The van der Waals surface area contributed by atoms with Crippen LogP contribution in [0.2, 0.25) is 5.02 Å². The molecule has 5 nitrogen and oxygen atoms in total. The molecule has 2 fully saturated rings. The molecular weight excluding hydrogens is 392 g/mol. The normalized spacial score (nSPS) is 21.4. The number of urea groups is 1. The standard InChI is InChI=1S/C17H18BrClN4O/c18-12-8-11-3-4-15(21-16(11)14(19)9-12)22-6-1-2-13(10-22)23-7-5-20-17(23)24/h3-4,8-9,13H,1-2,5-7,10H2,(H,20,24). The monoisotopic (exact) mass is 408 g/mol. The molecule has 126 valence electrons. The van der Waals surface area contributed by atoms with Gasteiger partial charge in [0.1, 0.15) is 5.82 Å². The lowest BCUT2D eigenvalue weighted by Crippen LogP contribution is -2.49. The van der Waals surface area contributed by atoms with Crippen molar-refractivity contribution in [2.24, 2.45) is 0 Å². The van der Waals surface area contributed by atoms with Gasteiger partial charge in [-0.3, -0.25) is 0 Å². The van der Waals surface area contributed by atoms with Gasteiger partial charge in [0.25, 0.3) is 0 Å². The van der Waals surface area contributed by atoms with Gasteiger partial charge >= 0.3 is 6.03 Å². The lowest BCUT2D eigenvalue weighted by atomic mass is 10.0. The van der Waals surface area contributed by atoms with Gasteiger partial charge < -0.3 is 15.1 Å². The van der Waals surface area contributed by atoms with E-state index < -0.39 is 0 Å². The van der Waals surface area contributed by atoms with Crippen LogP contribution in [0.25, 0.3) is 10.9 Å². The van der Waals surface area contributed by atoms with Gasteiger partial charge in [-0.15, -0.1) is 0 Å². The van der Waals surface area contributed by atoms with Crippen LogP contribution >= 0.6 is 27.5 Å². The number of rotatable bonds is 2. The van der Waals surface area contributed by atoms with Crippen molar-refractivity contribution in [3.63, 3.8) is 0 Å². The summed E-state index contributed by atoms with van der Waals surface area (Å²) in [7, 11) is 0. The molecule has 0 spiro atoms. The predicted octanol–water partition coefficient (Wildman–Crippen LogP) is 3.64. The minimum Gasteiger partial charge on any atom is -0.355 e. The fraction of sp³-hybridized carbons (Fsp3) is 0.412. The summed E-state index contributed by atoms with van der Waals surface area (Å²) >= 11 is 9.82. The number of carbonyl (C=O) groups is 1. The summed E-state index contributed by atoms with van der Waals surface area (Å²) in [4.78, 5) is 20.9. The molecule has 1 aromatic heterocycles. The van der Waals surface area contributed by atoms with Crippen LogP contribution in [-0.2, 0) is 0 Å². The summed E-state index contributed by atoms with van der Waals surface area (Å²) in [6.07, 6.45) is 2.10. The van der Waals surface area contributed by atoms with Crippen molar-refractivity contribution in [1.29, 1.82) is 0 Å². The molecule has 1 unspecified atom stereocenters. The van der Waals surface area contributed by atoms with Gasteiger partial charge in [-0.25, -0.2) is 9.78 Å². The summed E-state index contributed by atoms with van der Waals surface area (Å²) in [6.45, 7) is 3.31. The molecule has 7 heteroatoms. The van der Waals surface area contributed by atoms with Gasteiger partial charge in [0.05, 0.1) is 16.6 Å².